The highest BCUT2D eigenvalue weighted by Crippen LogP contribution is 2.51. The Balaban J connectivity index is 1.83. The molecular formula is C17H25NO3. The van der Waals surface area contributed by atoms with E-state index in [-0.39, 0.29) is 17.6 Å². The zero-order valence-electron chi connectivity index (χ0n) is 12.9. The molecule has 0 spiro atoms. The van der Waals surface area contributed by atoms with Gasteiger partial charge in [-0.15, -0.1) is 0 Å². The first kappa shape index (κ1) is 14.7. The predicted molar refractivity (Wildman–Crippen MR) is 82.0 cm³/mol. The second-order valence-corrected chi connectivity index (χ2v) is 6.24. The molecule has 4 nitrogen and oxygen atoms in total. The van der Waals surface area contributed by atoms with Gasteiger partial charge in [-0.1, -0.05) is 6.07 Å². The minimum Gasteiger partial charge on any atom is -0.493 e. The normalized spacial score (nSPS) is 22.6. The first-order chi connectivity index (χ1) is 10.2. The van der Waals surface area contributed by atoms with Crippen molar-refractivity contribution in [1.82, 2.24) is 0 Å². The van der Waals surface area contributed by atoms with Crippen LogP contribution < -0.4 is 15.2 Å². The highest BCUT2D eigenvalue weighted by molar-refractivity contribution is 5.47. The van der Waals surface area contributed by atoms with Crippen LogP contribution in [-0.4, -0.2) is 32.5 Å². The maximum absolute atomic E-state index is 6.18. The fourth-order valence-corrected chi connectivity index (χ4v) is 3.19. The molecule has 1 aromatic carbocycles. The molecule has 1 aromatic rings. The lowest BCUT2D eigenvalue weighted by molar-refractivity contribution is 0.0245. The van der Waals surface area contributed by atoms with Gasteiger partial charge in [0.15, 0.2) is 11.5 Å². The SMILES string of the molecule is COc1ccc(C2(C(C)N)CC2)cc1OC1CCOCC1. The molecule has 0 aromatic heterocycles. The van der Waals surface area contributed by atoms with Crippen LogP contribution in [0.3, 0.4) is 0 Å². The number of methoxy groups -OCH3 is 1. The maximum Gasteiger partial charge on any atom is 0.161 e. The summed E-state index contributed by atoms with van der Waals surface area (Å²) in [7, 11) is 1.68. The zero-order chi connectivity index (χ0) is 14.9. The van der Waals surface area contributed by atoms with Crippen LogP contribution in [0, 0.1) is 0 Å². The Labute approximate surface area is 126 Å². The molecule has 1 aliphatic carbocycles. The Kier molecular flexibility index (Phi) is 4.09. The van der Waals surface area contributed by atoms with E-state index in [1.807, 2.05) is 6.07 Å². The highest BCUT2D eigenvalue weighted by atomic mass is 16.5. The van der Waals surface area contributed by atoms with Crippen molar-refractivity contribution in [2.45, 2.75) is 50.2 Å². The van der Waals surface area contributed by atoms with E-state index in [4.69, 9.17) is 19.9 Å². The van der Waals surface area contributed by atoms with Gasteiger partial charge in [0.1, 0.15) is 6.10 Å². The molecule has 1 saturated heterocycles. The summed E-state index contributed by atoms with van der Waals surface area (Å²) in [4.78, 5) is 0. The van der Waals surface area contributed by atoms with Crippen molar-refractivity contribution in [1.29, 1.82) is 0 Å². The Bertz CT molecular complexity index is 491. The number of benzene rings is 1. The minimum absolute atomic E-state index is 0.139. The summed E-state index contributed by atoms with van der Waals surface area (Å²) < 4.78 is 17.0. The van der Waals surface area contributed by atoms with Crippen LogP contribution in [0.25, 0.3) is 0 Å². The molecule has 4 heteroatoms. The van der Waals surface area contributed by atoms with Crippen molar-refractivity contribution in [3.05, 3.63) is 23.8 Å². The van der Waals surface area contributed by atoms with Crippen molar-refractivity contribution < 1.29 is 14.2 Å². The third-order valence-corrected chi connectivity index (χ3v) is 4.86. The van der Waals surface area contributed by atoms with Gasteiger partial charge in [-0.05, 0) is 37.5 Å². The summed E-state index contributed by atoms with van der Waals surface area (Å²) in [6, 6.07) is 6.44. The molecule has 0 radical (unpaired) electrons. The predicted octanol–water partition coefficient (Wildman–Crippen LogP) is 2.63. The summed E-state index contributed by atoms with van der Waals surface area (Å²) >= 11 is 0. The van der Waals surface area contributed by atoms with Crippen molar-refractivity contribution in [3.8, 4) is 11.5 Å². The molecule has 0 amide bonds. The first-order valence-electron chi connectivity index (χ1n) is 7.84. The summed E-state index contributed by atoms with van der Waals surface area (Å²) in [5.74, 6) is 1.64. The number of rotatable bonds is 5. The smallest absolute Gasteiger partial charge is 0.161 e. The van der Waals surface area contributed by atoms with Gasteiger partial charge in [0.2, 0.25) is 0 Å². The van der Waals surface area contributed by atoms with Crippen LogP contribution in [0.2, 0.25) is 0 Å². The van der Waals surface area contributed by atoms with Gasteiger partial charge >= 0.3 is 0 Å². The standard InChI is InChI=1S/C17H25NO3/c1-12(18)17(7-8-17)13-3-4-15(19-2)16(11-13)21-14-5-9-20-10-6-14/h3-4,11-12,14H,5-10,18H2,1-2H3. The third kappa shape index (κ3) is 2.87. The maximum atomic E-state index is 6.18. The average Bonchev–Trinajstić information content (AvgIpc) is 3.30. The second kappa shape index (κ2) is 5.85. The average molecular weight is 291 g/mol. The quantitative estimate of drug-likeness (QED) is 0.906. The van der Waals surface area contributed by atoms with E-state index < -0.39 is 0 Å². The molecule has 2 N–H and O–H groups in total. The van der Waals surface area contributed by atoms with Crippen LogP contribution >= 0.6 is 0 Å². The molecule has 1 heterocycles. The Morgan fingerprint density at radius 3 is 2.52 bits per heavy atom. The van der Waals surface area contributed by atoms with Crippen molar-refractivity contribution in [2.75, 3.05) is 20.3 Å². The van der Waals surface area contributed by atoms with Gasteiger partial charge in [0, 0.05) is 24.3 Å². The van der Waals surface area contributed by atoms with E-state index in [1.165, 1.54) is 5.56 Å². The van der Waals surface area contributed by atoms with E-state index in [0.29, 0.717) is 0 Å². The molecule has 2 fully saturated rings. The van der Waals surface area contributed by atoms with Crippen LogP contribution in [-0.2, 0) is 10.2 Å². The summed E-state index contributed by atoms with van der Waals surface area (Å²) in [5, 5.41) is 0. The Hall–Kier alpha value is -1.26. The molecule has 21 heavy (non-hydrogen) atoms. The van der Waals surface area contributed by atoms with Gasteiger partial charge in [0.25, 0.3) is 0 Å². The molecule has 2 aliphatic rings. The molecule has 3 rings (SSSR count). The molecule has 1 unspecified atom stereocenters. The lowest BCUT2D eigenvalue weighted by Gasteiger charge is -2.26. The van der Waals surface area contributed by atoms with Crippen LogP contribution in [0.5, 0.6) is 11.5 Å². The monoisotopic (exact) mass is 291 g/mol. The fourth-order valence-electron chi connectivity index (χ4n) is 3.19. The highest BCUT2D eigenvalue weighted by Gasteiger charge is 2.47. The Morgan fingerprint density at radius 1 is 1.24 bits per heavy atom. The van der Waals surface area contributed by atoms with E-state index in [9.17, 15) is 0 Å². The summed E-state index contributed by atoms with van der Waals surface area (Å²) in [6.45, 7) is 3.64. The number of ether oxygens (including phenoxy) is 3. The van der Waals surface area contributed by atoms with E-state index in [2.05, 4.69) is 19.1 Å². The topological polar surface area (TPSA) is 53.7 Å². The lowest BCUT2D eigenvalue weighted by atomic mass is 9.89. The van der Waals surface area contributed by atoms with Crippen molar-refractivity contribution in [2.24, 2.45) is 5.73 Å². The molecule has 1 atom stereocenters. The summed E-state index contributed by atoms with van der Waals surface area (Å²) in [6.07, 6.45) is 4.41. The second-order valence-electron chi connectivity index (χ2n) is 6.24. The van der Waals surface area contributed by atoms with Crippen molar-refractivity contribution in [3.63, 3.8) is 0 Å². The van der Waals surface area contributed by atoms with Crippen LogP contribution in [0.15, 0.2) is 18.2 Å². The van der Waals surface area contributed by atoms with Gasteiger partial charge in [-0.3, -0.25) is 0 Å². The molecular weight excluding hydrogens is 266 g/mol. The molecule has 1 saturated carbocycles. The van der Waals surface area contributed by atoms with Gasteiger partial charge in [-0.25, -0.2) is 0 Å². The fraction of sp³-hybridized carbons (Fsp3) is 0.647. The number of nitrogens with two attached hydrogens (primary N) is 1. The van der Waals surface area contributed by atoms with Gasteiger partial charge in [0.05, 0.1) is 20.3 Å². The van der Waals surface area contributed by atoms with E-state index >= 15 is 0 Å². The summed E-state index contributed by atoms with van der Waals surface area (Å²) in [5.41, 5.74) is 7.60. The minimum atomic E-state index is 0.139. The van der Waals surface area contributed by atoms with Crippen LogP contribution in [0.4, 0.5) is 0 Å². The lowest BCUT2D eigenvalue weighted by Crippen LogP contribution is -2.31. The third-order valence-electron chi connectivity index (χ3n) is 4.86. The van der Waals surface area contributed by atoms with Crippen molar-refractivity contribution >= 4 is 0 Å². The largest absolute Gasteiger partial charge is 0.493 e. The van der Waals surface area contributed by atoms with Crippen LogP contribution in [0.1, 0.15) is 38.2 Å². The van der Waals surface area contributed by atoms with Gasteiger partial charge < -0.3 is 19.9 Å². The first-order valence-corrected chi connectivity index (χ1v) is 7.84. The molecule has 0 bridgehead atoms. The van der Waals surface area contributed by atoms with E-state index in [1.54, 1.807) is 7.11 Å². The van der Waals surface area contributed by atoms with Gasteiger partial charge in [-0.2, -0.15) is 0 Å². The zero-order valence-corrected chi connectivity index (χ0v) is 12.9. The van der Waals surface area contributed by atoms with E-state index in [0.717, 1.165) is 50.4 Å². The molecule has 1 aliphatic heterocycles. The number of hydrogen-bond donors (Lipinski definition) is 1. The number of hydrogen-bond acceptors (Lipinski definition) is 4. The Morgan fingerprint density at radius 2 is 1.95 bits per heavy atom. The molecule has 116 valence electrons.